The van der Waals surface area contributed by atoms with Crippen LogP contribution in [0.15, 0.2) is 30.3 Å². The van der Waals surface area contributed by atoms with E-state index in [9.17, 15) is 18.0 Å². The van der Waals surface area contributed by atoms with E-state index < -0.39 is 18.5 Å². The maximum atomic E-state index is 12.3. The molecule has 2 aromatic rings. The van der Waals surface area contributed by atoms with Gasteiger partial charge in [0.2, 0.25) is 0 Å². The van der Waals surface area contributed by atoms with Gasteiger partial charge >= 0.3 is 6.18 Å². The summed E-state index contributed by atoms with van der Waals surface area (Å²) in [4.78, 5) is 14.4. The van der Waals surface area contributed by atoms with Crippen LogP contribution in [0.1, 0.15) is 42.3 Å². The summed E-state index contributed by atoms with van der Waals surface area (Å²) in [6.45, 7) is 1.28. The van der Waals surface area contributed by atoms with Crippen LogP contribution in [0, 0.1) is 0 Å². The van der Waals surface area contributed by atoms with Gasteiger partial charge in [0.05, 0.1) is 13.0 Å². The molecule has 0 saturated carbocycles. The van der Waals surface area contributed by atoms with Crippen molar-refractivity contribution in [1.82, 2.24) is 30.6 Å². The lowest BCUT2D eigenvalue weighted by Gasteiger charge is -2.24. The first-order chi connectivity index (χ1) is 14.3. The SMILES string of the molecule is O=C(/C=C/c1ccc([C@@H]2CCCN2CCc2nnn(CCC(F)(F)F)n2)cc1)NO. The van der Waals surface area contributed by atoms with E-state index in [1.54, 1.807) is 11.6 Å². The minimum Gasteiger partial charge on any atom is -0.296 e. The number of hydrogen-bond acceptors (Lipinski definition) is 6. The average molecular weight is 424 g/mol. The molecule has 0 bridgehead atoms. The van der Waals surface area contributed by atoms with Crippen LogP contribution in [0.25, 0.3) is 6.08 Å². The van der Waals surface area contributed by atoms with Crippen molar-refractivity contribution in [2.24, 2.45) is 0 Å². The second-order valence-corrected chi connectivity index (χ2v) is 7.09. The molecule has 2 heterocycles. The number of tetrazole rings is 1. The van der Waals surface area contributed by atoms with Gasteiger partial charge in [-0.15, -0.1) is 10.2 Å². The van der Waals surface area contributed by atoms with Gasteiger partial charge in [0.25, 0.3) is 5.91 Å². The summed E-state index contributed by atoms with van der Waals surface area (Å²) in [5.41, 5.74) is 3.53. The van der Waals surface area contributed by atoms with Crippen molar-refractivity contribution in [3.05, 3.63) is 47.3 Å². The summed E-state index contributed by atoms with van der Waals surface area (Å²) in [6, 6.07) is 8.06. The zero-order valence-electron chi connectivity index (χ0n) is 16.2. The van der Waals surface area contributed by atoms with Crippen molar-refractivity contribution in [1.29, 1.82) is 0 Å². The highest BCUT2D eigenvalue weighted by Crippen LogP contribution is 2.32. The predicted octanol–water partition coefficient (Wildman–Crippen LogP) is 2.52. The highest BCUT2D eigenvalue weighted by atomic mass is 19.4. The molecule has 1 saturated heterocycles. The number of nitrogens with one attached hydrogen (secondary N) is 1. The van der Waals surface area contributed by atoms with Crippen LogP contribution in [0.4, 0.5) is 13.2 Å². The van der Waals surface area contributed by atoms with Crippen molar-refractivity contribution < 1.29 is 23.2 Å². The second kappa shape index (κ2) is 9.81. The Morgan fingerprint density at radius 3 is 2.73 bits per heavy atom. The molecule has 1 amide bonds. The molecule has 2 N–H and O–H groups in total. The molecule has 1 fully saturated rings. The van der Waals surface area contributed by atoms with E-state index in [1.807, 2.05) is 24.3 Å². The fraction of sp³-hybridized carbons (Fsp3) is 0.474. The molecule has 0 spiro atoms. The van der Waals surface area contributed by atoms with Gasteiger partial charge in [0.15, 0.2) is 5.82 Å². The lowest BCUT2D eigenvalue weighted by Crippen LogP contribution is -2.26. The van der Waals surface area contributed by atoms with E-state index in [0.29, 0.717) is 18.8 Å². The minimum atomic E-state index is -4.24. The second-order valence-electron chi connectivity index (χ2n) is 7.09. The third-order valence-electron chi connectivity index (χ3n) is 4.93. The summed E-state index contributed by atoms with van der Waals surface area (Å²) in [7, 11) is 0. The maximum Gasteiger partial charge on any atom is 0.390 e. The molecule has 11 heteroatoms. The molecular weight excluding hydrogens is 401 g/mol. The van der Waals surface area contributed by atoms with Gasteiger partial charge in [0, 0.05) is 25.1 Å². The van der Waals surface area contributed by atoms with Crippen LogP contribution < -0.4 is 5.48 Å². The summed E-state index contributed by atoms with van der Waals surface area (Å²) in [5.74, 6) is -0.157. The predicted molar refractivity (Wildman–Crippen MR) is 101 cm³/mol. The maximum absolute atomic E-state index is 12.3. The average Bonchev–Trinajstić information content (AvgIpc) is 3.38. The molecule has 1 aromatic carbocycles. The standard InChI is InChI=1S/C19H23F3N6O2/c20-19(21,22)10-13-28-24-17(23-26-28)9-12-27-11-1-2-16(27)15-6-3-14(4-7-15)5-8-18(29)25-30/h3-8,16,30H,1-2,9-13H2,(H,25,29)/b8-5+/t16-/m0/s1. The largest absolute Gasteiger partial charge is 0.390 e. The Bertz CT molecular complexity index is 866. The van der Waals surface area contributed by atoms with Crippen LogP contribution >= 0.6 is 0 Å². The lowest BCUT2D eigenvalue weighted by molar-refractivity contribution is -0.137. The van der Waals surface area contributed by atoms with E-state index in [2.05, 4.69) is 20.3 Å². The third-order valence-corrected chi connectivity index (χ3v) is 4.93. The van der Waals surface area contributed by atoms with Gasteiger partial charge in [-0.3, -0.25) is 14.9 Å². The van der Waals surface area contributed by atoms with Crippen molar-refractivity contribution >= 4 is 12.0 Å². The topological polar surface area (TPSA) is 96.2 Å². The van der Waals surface area contributed by atoms with Crippen LogP contribution in [0.2, 0.25) is 0 Å². The molecule has 0 aliphatic carbocycles. The summed E-state index contributed by atoms with van der Waals surface area (Å²) in [6.07, 6.45) is 0.198. The van der Waals surface area contributed by atoms with Crippen LogP contribution in [0.5, 0.6) is 0 Å². The van der Waals surface area contributed by atoms with E-state index in [1.165, 1.54) is 6.08 Å². The normalized spacial score (nSPS) is 17.7. The number of hydroxylamine groups is 1. The summed E-state index contributed by atoms with van der Waals surface area (Å²) in [5, 5.41) is 20.1. The first kappa shape index (κ1) is 21.9. The van der Waals surface area contributed by atoms with Gasteiger partial charge in [-0.05, 0) is 41.8 Å². The quantitative estimate of drug-likeness (QED) is 0.384. The van der Waals surface area contributed by atoms with Crippen molar-refractivity contribution in [2.75, 3.05) is 13.1 Å². The number of benzene rings is 1. The first-order valence-corrected chi connectivity index (χ1v) is 9.63. The molecule has 1 atom stereocenters. The molecule has 3 rings (SSSR count). The van der Waals surface area contributed by atoms with Crippen molar-refractivity contribution in [2.45, 2.75) is 44.4 Å². The van der Waals surface area contributed by atoms with Crippen LogP contribution in [-0.2, 0) is 17.8 Å². The molecular formula is C19H23F3N6O2. The number of likely N-dealkylation sites (tertiary alicyclic amines) is 1. The van der Waals surface area contributed by atoms with Crippen LogP contribution in [-0.4, -0.2) is 55.5 Å². The number of hydrogen-bond donors (Lipinski definition) is 2. The molecule has 1 aliphatic heterocycles. The molecule has 0 unspecified atom stereocenters. The van der Waals surface area contributed by atoms with E-state index in [-0.39, 0.29) is 12.6 Å². The Labute approximate surface area is 171 Å². The highest BCUT2D eigenvalue weighted by Gasteiger charge is 2.28. The number of aryl methyl sites for hydroxylation is 1. The monoisotopic (exact) mass is 424 g/mol. The smallest absolute Gasteiger partial charge is 0.296 e. The number of nitrogens with zero attached hydrogens (tertiary/aromatic N) is 5. The molecule has 1 aliphatic rings. The lowest BCUT2D eigenvalue weighted by atomic mass is 10.0. The molecule has 8 nitrogen and oxygen atoms in total. The van der Waals surface area contributed by atoms with Gasteiger partial charge < -0.3 is 0 Å². The fourth-order valence-corrected chi connectivity index (χ4v) is 3.45. The highest BCUT2D eigenvalue weighted by molar-refractivity contribution is 5.90. The Morgan fingerprint density at radius 2 is 2.03 bits per heavy atom. The third kappa shape index (κ3) is 6.36. The molecule has 1 aromatic heterocycles. The number of alkyl halides is 3. The first-order valence-electron chi connectivity index (χ1n) is 9.63. The zero-order chi connectivity index (χ0) is 21.6. The Balaban J connectivity index is 1.54. The Morgan fingerprint density at radius 1 is 1.27 bits per heavy atom. The number of carbonyl (C=O) groups excluding carboxylic acids is 1. The number of carbonyl (C=O) groups is 1. The number of halogens is 3. The van der Waals surface area contributed by atoms with E-state index in [4.69, 9.17) is 5.21 Å². The van der Waals surface area contributed by atoms with Crippen molar-refractivity contribution in [3.63, 3.8) is 0 Å². The number of amides is 1. The molecule has 162 valence electrons. The fourth-order valence-electron chi connectivity index (χ4n) is 3.45. The minimum absolute atomic E-state index is 0.240. The molecule has 0 radical (unpaired) electrons. The zero-order valence-corrected chi connectivity index (χ0v) is 16.2. The number of rotatable bonds is 8. The van der Waals surface area contributed by atoms with Gasteiger partial charge in [-0.25, -0.2) is 5.48 Å². The van der Waals surface area contributed by atoms with Gasteiger partial charge in [-0.1, -0.05) is 24.3 Å². The van der Waals surface area contributed by atoms with Crippen molar-refractivity contribution in [3.8, 4) is 0 Å². The number of aromatic nitrogens is 4. The van der Waals surface area contributed by atoms with E-state index >= 15 is 0 Å². The van der Waals surface area contributed by atoms with E-state index in [0.717, 1.165) is 35.3 Å². The van der Waals surface area contributed by atoms with Crippen LogP contribution in [0.3, 0.4) is 0 Å². The van der Waals surface area contributed by atoms with Gasteiger partial charge in [0.1, 0.15) is 0 Å². The molecule has 30 heavy (non-hydrogen) atoms. The summed E-state index contributed by atoms with van der Waals surface area (Å²) < 4.78 is 36.9. The Kier molecular flexibility index (Phi) is 7.16. The van der Waals surface area contributed by atoms with Gasteiger partial charge in [-0.2, -0.15) is 18.0 Å². The summed E-state index contributed by atoms with van der Waals surface area (Å²) >= 11 is 0. The Hall–Kier alpha value is -2.79.